The molecule has 92 valence electrons. The van der Waals surface area contributed by atoms with E-state index in [2.05, 4.69) is 5.11 Å². The molecule has 0 spiro atoms. The highest BCUT2D eigenvalue weighted by atomic mass is 19.4. The second-order valence-electron chi connectivity index (χ2n) is 2.67. The van der Waals surface area contributed by atoms with E-state index in [1.807, 2.05) is 4.91 Å². The van der Waals surface area contributed by atoms with Gasteiger partial charge in [0.1, 0.15) is 11.3 Å². The molecule has 0 aliphatic carbocycles. The van der Waals surface area contributed by atoms with E-state index in [4.69, 9.17) is 5.53 Å². The highest BCUT2D eigenvalue weighted by Gasteiger charge is 2.42. The Morgan fingerprint density at radius 3 is 1.59 bits per heavy atom. The lowest BCUT2D eigenvalue weighted by atomic mass is 10.1. The third-order valence-electron chi connectivity index (χ3n) is 1.67. The SMILES string of the molecule is [N-]=[N+]=Nc1c(F)c(F)c(C(F)(F)F)c(F)c1F. The minimum absolute atomic E-state index is 1.80. The summed E-state index contributed by atoms with van der Waals surface area (Å²) >= 11 is 0. The standard InChI is InChI=1S/C7F7N3/c8-2-1(7(12,13)14)3(9)5(11)6(4(2)10)16-17-15. The van der Waals surface area contributed by atoms with Crippen molar-refractivity contribution in [1.82, 2.24) is 0 Å². The van der Waals surface area contributed by atoms with Gasteiger partial charge in [0.15, 0.2) is 23.3 Å². The first kappa shape index (κ1) is 13.1. The van der Waals surface area contributed by atoms with Crippen molar-refractivity contribution in [3.63, 3.8) is 0 Å². The largest absolute Gasteiger partial charge is 0.422 e. The Balaban J connectivity index is 3.77. The van der Waals surface area contributed by atoms with Gasteiger partial charge in [0.05, 0.1) is 0 Å². The van der Waals surface area contributed by atoms with Gasteiger partial charge in [-0.15, -0.1) is 0 Å². The van der Waals surface area contributed by atoms with Crippen LogP contribution in [0.3, 0.4) is 0 Å². The molecule has 3 nitrogen and oxygen atoms in total. The highest BCUT2D eigenvalue weighted by molar-refractivity contribution is 5.45. The van der Waals surface area contributed by atoms with Crippen molar-refractivity contribution in [2.75, 3.05) is 0 Å². The number of nitrogens with zero attached hydrogens (tertiary/aromatic N) is 3. The normalized spacial score (nSPS) is 11.2. The lowest BCUT2D eigenvalue weighted by molar-refractivity contribution is -0.143. The summed E-state index contributed by atoms with van der Waals surface area (Å²) < 4.78 is 87.6. The molecule has 1 aromatic rings. The fourth-order valence-electron chi connectivity index (χ4n) is 1.00. The first-order valence-electron chi connectivity index (χ1n) is 3.70. The van der Waals surface area contributed by atoms with Gasteiger partial charge in [-0.1, -0.05) is 5.11 Å². The van der Waals surface area contributed by atoms with E-state index in [9.17, 15) is 30.7 Å². The number of rotatable bonds is 1. The van der Waals surface area contributed by atoms with E-state index in [0.717, 1.165) is 0 Å². The lowest BCUT2D eigenvalue weighted by Gasteiger charge is -2.11. The zero-order valence-corrected chi connectivity index (χ0v) is 7.49. The van der Waals surface area contributed by atoms with Gasteiger partial charge < -0.3 is 0 Å². The molecule has 17 heavy (non-hydrogen) atoms. The molecule has 0 saturated carbocycles. The molecular formula is C7F7N3. The second-order valence-corrected chi connectivity index (χ2v) is 2.67. The number of halogens is 7. The van der Waals surface area contributed by atoms with Crippen molar-refractivity contribution in [1.29, 1.82) is 0 Å². The zero-order valence-electron chi connectivity index (χ0n) is 7.49. The van der Waals surface area contributed by atoms with Gasteiger partial charge in [-0.05, 0) is 5.53 Å². The lowest BCUT2D eigenvalue weighted by Crippen LogP contribution is -2.14. The minimum Gasteiger partial charge on any atom is -0.203 e. The number of hydrogen-bond donors (Lipinski definition) is 0. The molecule has 0 unspecified atom stereocenters. The Morgan fingerprint density at radius 2 is 1.29 bits per heavy atom. The maximum absolute atomic E-state index is 12.9. The molecule has 0 heterocycles. The molecule has 10 heteroatoms. The van der Waals surface area contributed by atoms with E-state index in [1.54, 1.807) is 0 Å². The fraction of sp³-hybridized carbons (Fsp3) is 0.143. The maximum Gasteiger partial charge on any atom is 0.422 e. The van der Waals surface area contributed by atoms with Crippen LogP contribution in [0.4, 0.5) is 36.4 Å². The molecule has 1 rings (SSSR count). The predicted octanol–water partition coefficient (Wildman–Crippen LogP) is 4.20. The van der Waals surface area contributed by atoms with Crippen LogP contribution in [0.15, 0.2) is 5.11 Å². The minimum atomic E-state index is -5.62. The van der Waals surface area contributed by atoms with Crippen LogP contribution in [0.1, 0.15) is 5.56 Å². The summed E-state index contributed by atoms with van der Waals surface area (Å²) in [5, 5.41) is 2.23. The Bertz CT molecular complexity index is 486. The number of azide groups is 1. The number of alkyl halides is 3. The third-order valence-corrected chi connectivity index (χ3v) is 1.67. The van der Waals surface area contributed by atoms with Crippen molar-refractivity contribution >= 4 is 5.69 Å². The molecule has 0 fully saturated rings. The van der Waals surface area contributed by atoms with Crippen LogP contribution >= 0.6 is 0 Å². The molecule has 0 N–H and O–H groups in total. The Hall–Kier alpha value is -1.96. The first-order valence-corrected chi connectivity index (χ1v) is 3.70. The van der Waals surface area contributed by atoms with Gasteiger partial charge in [-0.3, -0.25) is 0 Å². The van der Waals surface area contributed by atoms with E-state index in [0.29, 0.717) is 0 Å². The molecule has 0 amide bonds. The summed E-state index contributed by atoms with van der Waals surface area (Å²) in [6, 6.07) is 0. The summed E-state index contributed by atoms with van der Waals surface area (Å²) in [5.41, 5.74) is 3.32. The summed E-state index contributed by atoms with van der Waals surface area (Å²) in [4.78, 5) is 1.83. The number of benzene rings is 1. The highest BCUT2D eigenvalue weighted by Crippen LogP contribution is 2.39. The van der Waals surface area contributed by atoms with Crippen LogP contribution in [0.5, 0.6) is 0 Å². The van der Waals surface area contributed by atoms with Gasteiger partial charge in [0.2, 0.25) is 0 Å². The third kappa shape index (κ3) is 2.11. The summed E-state index contributed by atoms with van der Waals surface area (Å²) in [5.74, 6) is -10.2. The molecular weight excluding hydrogens is 259 g/mol. The van der Waals surface area contributed by atoms with E-state index >= 15 is 0 Å². The summed E-state index contributed by atoms with van der Waals surface area (Å²) in [6.07, 6.45) is -5.62. The molecule has 0 aliphatic heterocycles. The molecule has 0 atom stereocenters. The monoisotopic (exact) mass is 259 g/mol. The molecule has 0 radical (unpaired) electrons. The van der Waals surface area contributed by atoms with Crippen molar-refractivity contribution in [3.05, 3.63) is 39.3 Å². The zero-order chi connectivity index (χ0) is 13.4. The predicted molar refractivity (Wildman–Crippen MR) is 40.1 cm³/mol. The summed E-state index contributed by atoms with van der Waals surface area (Å²) in [6.45, 7) is 0. The van der Waals surface area contributed by atoms with E-state index in [1.165, 1.54) is 0 Å². The molecule has 0 saturated heterocycles. The summed E-state index contributed by atoms with van der Waals surface area (Å²) in [7, 11) is 0. The average Bonchev–Trinajstić information content (AvgIpc) is 2.20. The van der Waals surface area contributed by atoms with Crippen LogP contribution in [0.2, 0.25) is 0 Å². The van der Waals surface area contributed by atoms with Crippen molar-refractivity contribution in [2.24, 2.45) is 5.11 Å². The maximum atomic E-state index is 12.9. The van der Waals surface area contributed by atoms with Gasteiger partial charge in [-0.2, -0.15) is 13.2 Å². The van der Waals surface area contributed by atoms with E-state index < -0.39 is 40.7 Å². The number of hydrogen-bond acceptors (Lipinski definition) is 1. The van der Waals surface area contributed by atoms with Crippen LogP contribution in [0.25, 0.3) is 10.4 Å². The second kappa shape index (κ2) is 4.13. The van der Waals surface area contributed by atoms with Crippen molar-refractivity contribution in [3.8, 4) is 0 Å². The van der Waals surface area contributed by atoms with Crippen molar-refractivity contribution in [2.45, 2.75) is 6.18 Å². The Morgan fingerprint density at radius 1 is 0.882 bits per heavy atom. The average molecular weight is 259 g/mol. The fourth-order valence-corrected chi connectivity index (χ4v) is 1.00. The molecule has 1 aromatic carbocycles. The van der Waals surface area contributed by atoms with Crippen LogP contribution < -0.4 is 0 Å². The quantitative estimate of drug-likeness (QED) is 0.238. The van der Waals surface area contributed by atoms with E-state index in [-0.39, 0.29) is 0 Å². The molecule has 0 bridgehead atoms. The van der Waals surface area contributed by atoms with Gasteiger partial charge in [0, 0.05) is 4.91 Å². The Kier molecular flexibility index (Phi) is 3.18. The van der Waals surface area contributed by atoms with Gasteiger partial charge >= 0.3 is 6.18 Å². The molecule has 0 aromatic heterocycles. The van der Waals surface area contributed by atoms with Crippen LogP contribution in [-0.2, 0) is 6.18 Å². The van der Waals surface area contributed by atoms with Crippen LogP contribution in [-0.4, -0.2) is 0 Å². The first-order chi connectivity index (χ1) is 7.71. The molecule has 0 aliphatic rings. The topological polar surface area (TPSA) is 48.8 Å². The van der Waals surface area contributed by atoms with Gasteiger partial charge in [-0.25, -0.2) is 17.6 Å². The van der Waals surface area contributed by atoms with Crippen molar-refractivity contribution < 1.29 is 30.7 Å². The smallest absolute Gasteiger partial charge is 0.203 e. The Labute approximate surface area is 88.1 Å². The van der Waals surface area contributed by atoms with Gasteiger partial charge in [0.25, 0.3) is 0 Å². The van der Waals surface area contributed by atoms with Crippen LogP contribution in [0, 0.1) is 23.3 Å².